The minimum atomic E-state index is 0.366. The van der Waals surface area contributed by atoms with Gasteiger partial charge in [0.2, 0.25) is 0 Å². The smallest absolute Gasteiger partial charge is 0.124 e. The van der Waals surface area contributed by atoms with E-state index in [0.29, 0.717) is 12.8 Å². The van der Waals surface area contributed by atoms with E-state index in [1.165, 1.54) is 0 Å². The van der Waals surface area contributed by atoms with Crippen molar-refractivity contribution >= 4 is 23.3 Å². The third-order valence-electron chi connectivity index (χ3n) is 2.73. The van der Waals surface area contributed by atoms with E-state index in [9.17, 15) is 9.59 Å². The maximum absolute atomic E-state index is 10.7. The summed E-state index contributed by atoms with van der Waals surface area (Å²) < 4.78 is 0. The van der Waals surface area contributed by atoms with Gasteiger partial charge in [0.05, 0.1) is 0 Å². The molecule has 2 rings (SSSR count). The fraction of sp³-hybridized carbons (Fsp3) is 0.143. The molecule has 0 bridgehead atoms. The van der Waals surface area contributed by atoms with Crippen molar-refractivity contribution in [3.63, 3.8) is 0 Å². The first-order chi connectivity index (χ1) is 7.86. The van der Waals surface area contributed by atoms with Crippen LogP contribution < -0.4 is 0 Å². The van der Waals surface area contributed by atoms with E-state index in [0.717, 1.165) is 34.5 Å². The summed E-state index contributed by atoms with van der Waals surface area (Å²) in [6, 6.07) is 11.8. The summed E-state index contributed by atoms with van der Waals surface area (Å²) in [4.78, 5) is 21.3. The van der Waals surface area contributed by atoms with Crippen molar-refractivity contribution in [1.29, 1.82) is 0 Å². The maximum Gasteiger partial charge on any atom is 0.124 e. The van der Waals surface area contributed by atoms with Gasteiger partial charge in [0.25, 0.3) is 0 Å². The molecular weight excluding hydrogens is 200 g/mol. The molecule has 80 valence electrons. The van der Waals surface area contributed by atoms with Crippen LogP contribution in [0, 0.1) is 0 Å². The topological polar surface area (TPSA) is 34.1 Å². The van der Waals surface area contributed by atoms with Crippen LogP contribution in [0.4, 0.5) is 0 Å². The van der Waals surface area contributed by atoms with Crippen LogP contribution in [0.15, 0.2) is 36.4 Å². The second-order valence-electron chi connectivity index (χ2n) is 3.67. The second kappa shape index (κ2) is 4.71. The van der Waals surface area contributed by atoms with Crippen molar-refractivity contribution in [2.24, 2.45) is 0 Å². The van der Waals surface area contributed by atoms with Gasteiger partial charge in [-0.2, -0.15) is 0 Å². The highest BCUT2D eigenvalue weighted by Crippen LogP contribution is 2.22. The van der Waals surface area contributed by atoms with Crippen molar-refractivity contribution in [2.75, 3.05) is 0 Å². The van der Waals surface area contributed by atoms with Crippen LogP contribution in [0.3, 0.4) is 0 Å². The van der Waals surface area contributed by atoms with Crippen LogP contribution in [0.25, 0.3) is 10.8 Å². The molecule has 2 nitrogen and oxygen atoms in total. The minimum absolute atomic E-state index is 0.366. The lowest BCUT2D eigenvalue weighted by Gasteiger charge is -2.08. The SMILES string of the molecule is O=CCc1ccc2ccccc2c1CC=O. The molecule has 0 atom stereocenters. The van der Waals surface area contributed by atoms with Gasteiger partial charge in [-0.15, -0.1) is 0 Å². The predicted molar refractivity (Wildman–Crippen MR) is 63.5 cm³/mol. The van der Waals surface area contributed by atoms with E-state index in [-0.39, 0.29) is 0 Å². The zero-order chi connectivity index (χ0) is 11.4. The molecule has 0 N–H and O–H groups in total. The van der Waals surface area contributed by atoms with Crippen molar-refractivity contribution in [3.05, 3.63) is 47.5 Å². The van der Waals surface area contributed by atoms with E-state index >= 15 is 0 Å². The standard InChI is InChI=1S/C14H12O2/c15-9-7-12-6-5-11-3-1-2-4-13(11)14(12)8-10-16/h1-6,9-10H,7-8H2. The average molecular weight is 212 g/mol. The van der Waals surface area contributed by atoms with Gasteiger partial charge in [0.15, 0.2) is 0 Å². The van der Waals surface area contributed by atoms with Crippen LogP contribution >= 0.6 is 0 Å². The van der Waals surface area contributed by atoms with Gasteiger partial charge in [-0.25, -0.2) is 0 Å². The molecule has 0 amide bonds. The van der Waals surface area contributed by atoms with Gasteiger partial charge in [0.1, 0.15) is 12.6 Å². The molecule has 0 aromatic heterocycles. The molecule has 2 heteroatoms. The van der Waals surface area contributed by atoms with Gasteiger partial charge in [-0.1, -0.05) is 36.4 Å². The van der Waals surface area contributed by atoms with E-state index in [1.807, 2.05) is 36.4 Å². The van der Waals surface area contributed by atoms with Crippen molar-refractivity contribution in [3.8, 4) is 0 Å². The molecule has 0 saturated carbocycles. The zero-order valence-corrected chi connectivity index (χ0v) is 8.85. The Hall–Kier alpha value is -1.96. The quantitative estimate of drug-likeness (QED) is 0.729. The maximum atomic E-state index is 10.7. The van der Waals surface area contributed by atoms with Crippen LogP contribution in [0.5, 0.6) is 0 Å². The van der Waals surface area contributed by atoms with Crippen molar-refractivity contribution in [2.45, 2.75) is 12.8 Å². The minimum Gasteiger partial charge on any atom is -0.303 e. The lowest BCUT2D eigenvalue weighted by molar-refractivity contribution is -0.108. The lowest BCUT2D eigenvalue weighted by atomic mass is 9.95. The summed E-state index contributed by atoms with van der Waals surface area (Å²) in [5.41, 5.74) is 1.92. The molecule has 0 aliphatic rings. The fourth-order valence-corrected chi connectivity index (χ4v) is 1.99. The highest BCUT2D eigenvalue weighted by molar-refractivity contribution is 5.89. The number of carbonyl (C=O) groups is 2. The number of hydrogen-bond acceptors (Lipinski definition) is 2. The Labute approximate surface area is 93.9 Å². The molecule has 2 aromatic carbocycles. The summed E-state index contributed by atoms with van der Waals surface area (Å²) in [6.45, 7) is 0. The highest BCUT2D eigenvalue weighted by Gasteiger charge is 2.06. The first-order valence-corrected chi connectivity index (χ1v) is 5.23. The van der Waals surface area contributed by atoms with E-state index in [1.54, 1.807) is 0 Å². The number of rotatable bonds is 4. The third kappa shape index (κ3) is 1.87. The van der Waals surface area contributed by atoms with Crippen LogP contribution in [0.2, 0.25) is 0 Å². The third-order valence-corrected chi connectivity index (χ3v) is 2.73. The summed E-state index contributed by atoms with van der Waals surface area (Å²) in [5.74, 6) is 0. The largest absolute Gasteiger partial charge is 0.303 e. The normalized spacial score (nSPS) is 10.2. The number of fused-ring (bicyclic) bond motifs is 1. The van der Waals surface area contributed by atoms with E-state index in [2.05, 4.69) is 0 Å². The number of carbonyl (C=O) groups excluding carboxylic acids is 2. The molecule has 0 spiro atoms. The zero-order valence-electron chi connectivity index (χ0n) is 8.85. The number of aldehydes is 2. The van der Waals surface area contributed by atoms with Crippen LogP contribution in [-0.4, -0.2) is 12.6 Å². The molecule has 16 heavy (non-hydrogen) atoms. The first kappa shape index (κ1) is 10.6. The summed E-state index contributed by atoms with van der Waals surface area (Å²) in [5, 5.41) is 2.17. The van der Waals surface area contributed by atoms with Gasteiger partial charge in [-0.05, 0) is 21.9 Å². The Bertz CT molecular complexity index is 529. The van der Waals surface area contributed by atoms with Gasteiger partial charge >= 0.3 is 0 Å². The summed E-state index contributed by atoms with van der Waals surface area (Å²) in [6.07, 6.45) is 2.49. The monoisotopic (exact) mass is 212 g/mol. The van der Waals surface area contributed by atoms with Gasteiger partial charge in [-0.3, -0.25) is 0 Å². The first-order valence-electron chi connectivity index (χ1n) is 5.23. The predicted octanol–water partition coefficient (Wildman–Crippen LogP) is 2.32. The van der Waals surface area contributed by atoms with Crippen molar-refractivity contribution < 1.29 is 9.59 Å². The van der Waals surface area contributed by atoms with Gasteiger partial charge < -0.3 is 9.59 Å². The average Bonchev–Trinajstić information content (AvgIpc) is 2.32. The molecule has 0 fully saturated rings. The van der Waals surface area contributed by atoms with Gasteiger partial charge in [0, 0.05) is 12.8 Å². The Morgan fingerprint density at radius 1 is 0.875 bits per heavy atom. The summed E-state index contributed by atoms with van der Waals surface area (Å²) >= 11 is 0. The molecule has 2 aromatic rings. The molecule has 0 aliphatic heterocycles. The van der Waals surface area contributed by atoms with Crippen LogP contribution in [0.1, 0.15) is 11.1 Å². The van der Waals surface area contributed by atoms with Crippen molar-refractivity contribution in [1.82, 2.24) is 0 Å². The summed E-state index contributed by atoms with van der Waals surface area (Å²) in [7, 11) is 0. The highest BCUT2D eigenvalue weighted by atomic mass is 16.1. The number of benzene rings is 2. The Kier molecular flexibility index (Phi) is 3.10. The lowest BCUT2D eigenvalue weighted by Crippen LogP contribution is -1.97. The molecule has 0 saturated heterocycles. The van der Waals surface area contributed by atoms with E-state index in [4.69, 9.17) is 0 Å². The second-order valence-corrected chi connectivity index (χ2v) is 3.67. The Morgan fingerprint density at radius 2 is 1.62 bits per heavy atom. The molecule has 0 heterocycles. The molecule has 0 aliphatic carbocycles. The molecule has 0 radical (unpaired) electrons. The fourth-order valence-electron chi connectivity index (χ4n) is 1.99. The number of hydrogen-bond donors (Lipinski definition) is 0. The molecule has 0 unspecified atom stereocenters. The van der Waals surface area contributed by atoms with Crippen LogP contribution in [-0.2, 0) is 22.4 Å². The van der Waals surface area contributed by atoms with E-state index < -0.39 is 0 Å². The molecular formula is C14H12O2. The Morgan fingerprint density at radius 3 is 2.38 bits per heavy atom. The Balaban J connectivity index is 2.67.